The summed E-state index contributed by atoms with van der Waals surface area (Å²) < 4.78 is 32.5. The second-order valence-corrected chi connectivity index (χ2v) is 10.8. The van der Waals surface area contributed by atoms with Gasteiger partial charge in [-0.2, -0.15) is 0 Å². The Hall–Kier alpha value is -0.0452. The van der Waals surface area contributed by atoms with Crippen LogP contribution in [0.25, 0.3) is 0 Å². The standard InChI is InChI=1S/2C7H15BO2.C6H13BO2/c1-6-5-7(2,3)10-8(4)9-6;1-6(2)7(3,4)10-8(5)9-6;1-6(2)4-8-7(3)9-5-6/h6H,5H2,1-4H3;1-5H3;4-5H2,1-3H3. The van der Waals surface area contributed by atoms with Gasteiger partial charge in [-0.15, -0.1) is 0 Å². The SMILES string of the molecule is CB1OC(C)(C)C(C)(C)O1.CB1OC(C)CC(C)(C)O1.CB1OCC(C)(C)CO1. The van der Waals surface area contributed by atoms with Crippen molar-refractivity contribution in [2.24, 2.45) is 5.41 Å². The Morgan fingerprint density at radius 3 is 1.38 bits per heavy atom. The maximum atomic E-state index is 5.54. The van der Waals surface area contributed by atoms with Crippen molar-refractivity contribution in [3.63, 3.8) is 0 Å². The molecule has 9 heteroatoms. The molecule has 0 amide bonds. The van der Waals surface area contributed by atoms with Crippen LogP contribution in [0.15, 0.2) is 0 Å². The first-order valence-electron chi connectivity index (χ1n) is 10.9. The number of hydrogen-bond donors (Lipinski definition) is 0. The molecule has 6 nitrogen and oxygen atoms in total. The summed E-state index contributed by atoms with van der Waals surface area (Å²) in [6.07, 6.45) is 1.32. The molecule has 3 fully saturated rings. The molecular formula is C20H43B3O6. The lowest BCUT2D eigenvalue weighted by Gasteiger charge is -2.37. The fourth-order valence-corrected chi connectivity index (χ4v) is 3.51. The second-order valence-electron chi connectivity index (χ2n) is 10.8. The van der Waals surface area contributed by atoms with Gasteiger partial charge in [0, 0.05) is 24.7 Å². The maximum absolute atomic E-state index is 5.54. The van der Waals surface area contributed by atoms with Crippen molar-refractivity contribution >= 4 is 21.4 Å². The maximum Gasteiger partial charge on any atom is 0.454 e. The van der Waals surface area contributed by atoms with Crippen LogP contribution in [0.4, 0.5) is 0 Å². The minimum atomic E-state index is -0.160. The monoisotopic (exact) mass is 412 g/mol. The molecule has 0 aromatic carbocycles. The minimum absolute atomic E-state index is 0.00183. The molecule has 0 saturated carbocycles. The summed E-state index contributed by atoms with van der Waals surface area (Å²) in [6, 6.07) is 0. The van der Waals surface area contributed by atoms with Crippen LogP contribution in [-0.4, -0.2) is 57.5 Å². The van der Waals surface area contributed by atoms with Gasteiger partial charge in [-0.1, -0.05) is 13.8 Å². The van der Waals surface area contributed by atoms with Crippen LogP contribution in [0, 0.1) is 5.41 Å². The van der Waals surface area contributed by atoms with E-state index in [1.54, 1.807) is 0 Å². The lowest BCUT2D eigenvalue weighted by molar-refractivity contribution is -0.0260. The van der Waals surface area contributed by atoms with Gasteiger partial charge in [0.05, 0.1) is 16.8 Å². The van der Waals surface area contributed by atoms with E-state index in [0.29, 0.717) is 6.10 Å². The van der Waals surface area contributed by atoms with E-state index < -0.39 is 0 Å². The summed E-state index contributed by atoms with van der Waals surface area (Å²) in [5, 5.41) is 0. The molecule has 3 saturated heterocycles. The van der Waals surface area contributed by atoms with Crippen molar-refractivity contribution in [2.45, 2.75) is 112 Å². The lowest BCUT2D eigenvalue weighted by Crippen LogP contribution is -2.44. The van der Waals surface area contributed by atoms with Crippen LogP contribution in [0.3, 0.4) is 0 Å². The topological polar surface area (TPSA) is 55.4 Å². The van der Waals surface area contributed by atoms with Gasteiger partial charge in [0.25, 0.3) is 0 Å². The Bertz CT molecular complexity index is 474. The molecule has 0 aliphatic carbocycles. The summed E-state index contributed by atoms with van der Waals surface area (Å²) in [4.78, 5) is 0. The first-order chi connectivity index (χ1) is 12.9. The van der Waals surface area contributed by atoms with E-state index in [1.165, 1.54) is 0 Å². The molecule has 1 atom stereocenters. The van der Waals surface area contributed by atoms with Gasteiger partial charge in [-0.05, 0) is 75.4 Å². The molecule has 0 aromatic heterocycles. The Kier molecular flexibility index (Phi) is 9.35. The highest BCUT2D eigenvalue weighted by atomic mass is 16.7. The van der Waals surface area contributed by atoms with Crippen LogP contribution < -0.4 is 0 Å². The van der Waals surface area contributed by atoms with Gasteiger partial charge < -0.3 is 27.9 Å². The van der Waals surface area contributed by atoms with Gasteiger partial charge in [-0.3, -0.25) is 0 Å². The zero-order valence-corrected chi connectivity index (χ0v) is 20.9. The quantitative estimate of drug-likeness (QED) is 0.543. The number of hydrogen-bond acceptors (Lipinski definition) is 6. The van der Waals surface area contributed by atoms with Crippen LogP contribution in [0.2, 0.25) is 20.5 Å². The Morgan fingerprint density at radius 2 is 1.10 bits per heavy atom. The zero-order valence-electron chi connectivity index (χ0n) is 20.9. The highest BCUT2D eigenvalue weighted by Gasteiger charge is 2.48. The molecule has 3 aliphatic heterocycles. The first-order valence-corrected chi connectivity index (χ1v) is 10.9. The van der Waals surface area contributed by atoms with Gasteiger partial charge in [0.1, 0.15) is 0 Å². The van der Waals surface area contributed by atoms with E-state index in [2.05, 4.69) is 62.3 Å². The molecule has 0 N–H and O–H groups in total. The third-order valence-corrected chi connectivity index (χ3v) is 5.48. The smallest absolute Gasteiger partial charge is 0.411 e. The van der Waals surface area contributed by atoms with Crippen molar-refractivity contribution in [1.29, 1.82) is 0 Å². The largest absolute Gasteiger partial charge is 0.454 e. The van der Waals surface area contributed by atoms with Gasteiger partial charge in [0.15, 0.2) is 0 Å². The third-order valence-electron chi connectivity index (χ3n) is 5.48. The Balaban J connectivity index is 0.000000218. The zero-order chi connectivity index (χ0) is 22.7. The van der Waals surface area contributed by atoms with E-state index in [-0.39, 0.29) is 43.6 Å². The van der Waals surface area contributed by atoms with E-state index >= 15 is 0 Å². The lowest BCUT2D eigenvalue weighted by atomic mass is 9.86. The Morgan fingerprint density at radius 1 is 0.655 bits per heavy atom. The number of rotatable bonds is 0. The average molecular weight is 412 g/mol. The van der Waals surface area contributed by atoms with E-state index in [9.17, 15) is 0 Å². The van der Waals surface area contributed by atoms with Gasteiger partial charge in [0.2, 0.25) is 0 Å². The summed E-state index contributed by atoms with van der Waals surface area (Å²) >= 11 is 0. The summed E-state index contributed by atoms with van der Waals surface area (Å²) in [7, 11) is -0.109. The van der Waals surface area contributed by atoms with Crippen LogP contribution >= 0.6 is 0 Å². The van der Waals surface area contributed by atoms with Crippen molar-refractivity contribution in [2.75, 3.05) is 13.2 Å². The molecule has 29 heavy (non-hydrogen) atoms. The van der Waals surface area contributed by atoms with Gasteiger partial charge in [-0.25, -0.2) is 0 Å². The molecule has 0 radical (unpaired) electrons. The highest BCUT2D eigenvalue weighted by molar-refractivity contribution is 6.43. The predicted molar refractivity (Wildman–Crippen MR) is 121 cm³/mol. The molecule has 1 unspecified atom stereocenters. The molecule has 3 heterocycles. The Labute approximate surface area is 180 Å². The third kappa shape index (κ3) is 9.32. The molecule has 168 valence electrons. The van der Waals surface area contributed by atoms with Crippen molar-refractivity contribution in [3.8, 4) is 0 Å². The van der Waals surface area contributed by atoms with Crippen molar-refractivity contribution < 1.29 is 27.9 Å². The van der Waals surface area contributed by atoms with Crippen LogP contribution in [0.5, 0.6) is 0 Å². The van der Waals surface area contributed by atoms with Gasteiger partial charge >= 0.3 is 21.4 Å². The molecule has 3 rings (SSSR count). The van der Waals surface area contributed by atoms with Crippen molar-refractivity contribution in [1.82, 2.24) is 0 Å². The van der Waals surface area contributed by atoms with Crippen molar-refractivity contribution in [3.05, 3.63) is 0 Å². The molecular weight excluding hydrogens is 369 g/mol. The van der Waals surface area contributed by atoms with E-state index in [4.69, 9.17) is 27.9 Å². The normalized spacial score (nSPS) is 29.4. The molecule has 0 spiro atoms. The van der Waals surface area contributed by atoms with E-state index in [0.717, 1.165) is 19.6 Å². The van der Waals surface area contributed by atoms with E-state index in [1.807, 2.05) is 20.5 Å². The first kappa shape index (κ1) is 27.0. The summed E-state index contributed by atoms with van der Waals surface area (Å²) in [6.45, 7) is 26.2. The highest BCUT2D eigenvalue weighted by Crippen LogP contribution is 2.36. The van der Waals surface area contributed by atoms with Crippen LogP contribution in [-0.2, 0) is 27.9 Å². The fraction of sp³-hybridized carbons (Fsp3) is 1.00. The molecule has 0 aromatic rings. The van der Waals surface area contributed by atoms with Crippen LogP contribution in [0.1, 0.15) is 68.7 Å². The fourth-order valence-electron chi connectivity index (χ4n) is 3.51. The second kappa shape index (κ2) is 10.1. The average Bonchev–Trinajstić information content (AvgIpc) is 2.66. The molecule has 3 aliphatic rings. The minimum Gasteiger partial charge on any atom is -0.411 e. The summed E-state index contributed by atoms with van der Waals surface area (Å²) in [5.41, 5.74) is -0.109. The predicted octanol–water partition coefficient (Wildman–Crippen LogP) is 4.59. The molecule has 0 bridgehead atoms. The summed E-state index contributed by atoms with van der Waals surface area (Å²) in [5.74, 6) is 0.